The van der Waals surface area contributed by atoms with E-state index in [1.165, 1.54) is 19.3 Å². The third kappa shape index (κ3) is 7.40. The van der Waals surface area contributed by atoms with Crippen molar-refractivity contribution in [1.82, 2.24) is 15.1 Å². The molecule has 0 amide bonds. The van der Waals surface area contributed by atoms with Crippen LogP contribution in [0.4, 0.5) is 0 Å². The molecule has 0 saturated heterocycles. The van der Waals surface area contributed by atoms with Crippen LogP contribution in [0.5, 0.6) is 0 Å². The number of aromatic nitrogens is 2. The first-order valence-electron chi connectivity index (χ1n) is 6.45. The predicted molar refractivity (Wildman–Crippen MR) is 75.5 cm³/mol. The van der Waals surface area contributed by atoms with Gasteiger partial charge in [-0.15, -0.1) is 12.4 Å². The molecule has 100 valence electrons. The van der Waals surface area contributed by atoms with E-state index in [9.17, 15) is 0 Å². The third-order valence-corrected chi connectivity index (χ3v) is 2.51. The minimum absolute atomic E-state index is 0. The summed E-state index contributed by atoms with van der Waals surface area (Å²) in [5.41, 5.74) is 1.15. The van der Waals surface area contributed by atoms with Crippen molar-refractivity contribution in [2.24, 2.45) is 5.92 Å². The number of rotatable bonds is 8. The van der Waals surface area contributed by atoms with E-state index in [2.05, 4.69) is 43.4 Å². The van der Waals surface area contributed by atoms with Crippen LogP contribution in [-0.4, -0.2) is 16.3 Å². The number of unbranched alkanes of at least 4 members (excludes halogenated alkanes) is 2. The van der Waals surface area contributed by atoms with Crippen molar-refractivity contribution in [3.63, 3.8) is 0 Å². The first-order chi connectivity index (χ1) is 7.72. The molecule has 0 bridgehead atoms. The van der Waals surface area contributed by atoms with E-state index < -0.39 is 0 Å². The molecule has 1 N–H and O–H groups in total. The summed E-state index contributed by atoms with van der Waals surface area (Å²) in [7, 11) is 0. The van der Waals surface area contributed by atoms with Crippen LogP contribution in [0.15, 0.2) is 12.3 Å². The first-order valence-corrected chi connectivity index (χ1v) is 6.45. The monoisotopic (exact) mass is 259 g/mol. The summed E-state index contributed by atoms with van der Waals surface area (Å²) < 4.78 is 2.04. The van der Waals surface area contributed by atoms with Gasteiger partial charge in [0.15, 0.2) is 0 Å². The topological polar surface area (TPSA) is 29.9 Å². The van der Waals surface area contributed by atoms with Gasteiger partial charge in [-0.25, -0.2) is 0 Å². The van der Waals surface area contributed by atoms with Gasteiger partial charge in [-0.2, -0.15) is 5.10 Å². The van der Waals surface area contributed by atoms with Crippen LogP contribution in [0.1, 0.15) is 45.7 Å². The van der Waals surface area contributed by atoms with Gasteiger partial charge in [0.1, 0.15) is 0 Å². The number of halogens is 1. The molecule has 0 spiro atoms. The van der Waals surface area contributed by atoms with Crippen molar-refractivity contribution in [1.29, 1.82) is 0 Å². The second-order valence-electron chi connectivity index (χ2n) is 4.81. The number of nitrogens with zero attached hydrogens (tertiary/aromatic N) is 2. The molecule has 0 unspecified atom stereocenters. The van der Waals surface area contributed by atoms with E-state index in [-0.39, 0.29) is 12.4 Å². The average Bonchev–Trinajstić information content (AvgIpc) is 2.64. The van der Waals surface area contributed by atoms with Crippen LogP contribution >= 0.6 is 12.4 Å². The fourth-order valence-corrected chi connectivity index (χ4v) is 1.69. The molecule has 0 aliphatic carbocycles. The fourth-order valence-electron chi connectivity index (χ4n) is 1.69. The molecule has 0 aliphatic rings. The second kappa shape index (κ2) is 9.49. The summed E-state index contributed by atoms with van der Waals surface area (Å²) >= 11 is 0. The Kier molecular flexibility index (Phi) is 9.18. The van der Waals surface area contributed by atoms with E-state index >= 15 is 0 Å². The summed E-state index contributed by atoms with van der Waals surface area (Å²) in [4.78, 5) is 0. The highest BCUT2D eigenvalue weighted by Crippen LogP contribution is 2.01. The maximum Gasteiger partial charge on any atom is 0.0762 e. The summed E-state index contributed by atoms with van der Waals surface area (Å²) in [6.07, 6.45) is 5.94. The average molecular weight is 260 g/mol. The molecule has 3 nitrogen and oxygen atoms in total. The van der Waals surface area contributed by atoms with Gasteiger partial charge in [-0.05, 0) is 24.9 Å². The fraction of sp³-hybridized carbons (Fsp3) is 0.769. The number of hydrogen-bond acceptors (Lipinski definition) is 2. The Labute approximate surface area is 111 Å². The van der Waals surface area contributed by atoms with Gasteiger partial charge in [-0.3, -0.25) is 4.68 Å². The van der Waals surface area contributed by atoms with E-state index in [0.717, 1.165) is 25.3 Å². The first kappa shape index (κ1) is 16.5. The van der Waals surface area contributed by atoms with E-state index in [0.29, 0.717) is 5.92 Å². The SMILES string of the molecule is CCCCCNCc1ccn(CC(C)C)n1.Cl. The van der Waals surface area contributed by atoms with Crippen LogP contribution in [0.2, 0.25) is 0 Å². The van der Waals surface area contributed by atoms with Crippen molar-refractivity contribution < 1.29 is 0 Å². The normalized spacial score (nSPS) is 10.6. The largest absolute Gasteiger partial charge is 0.311 e. The van der Waals surface area contributed by atoms with Gasteiger partial charge in [0.25, 0.3) is 0 Å². The minimum atomic E-state index is 0. The van der Waals surface area contributed by atoms with Gasteiger partial charge in [-0.1, -0.05) is 33.6 Å². The van der Waals surface area contributed by atoms with Gasteiger partial charge in [0.05, 0.1) is 5.69 Å². The molecule has 0 aromatic carbocycles. The highest BCUT2D eigenvalue weighted by Gasteiger charge is 2.00. The van der Waals surface area contributed by atoms with E-state index in [4.69, 9.17) is 0 Å². The lowest BCUT2D eigenvalue weighted by molar-refractivity contribution is 0.477. The van der Waals surface area contributed by atoms with Gasteiger partial charge >= 0.3 is 0 Å². The molecule has 0 fully saturated rings. The molecule has 0 saturated carbocycles. The highest BCUT2D eigenvalue weighted by atomic mass is 35.5. The van der Waals surface area contributed by atoms with Crippen molar-refractivity contribution in [3.8, 4) is 0 Å². The Morgan fingerprint density at radius 1 is 1.35 bits per heavy atom. The standard InChI is InChI=1S/C13H25N3.ClH/c1-4-5-6-8-14-10-13-7-9-16(15-13)11-12(2)3;/h7,9,12,14H,4-6,8,10-11H2,1-3H3;1H. The Hall–Kier alpha value is -0.540. The summed E-state index contributed by atoms with van der Waals surface area (Å²) in [5, 5.41) is 7.95. The molecule has 1 rings (SSSR count). The van der Waals surface area contributed by atoms with Gasteiger partial charge in [0, 0.05) is 19.3 Å². The Morgan fingerprint density at radius 3 is 2.76 bits per heavy atom. The lowest BCUT2D eigenvalue weighted by Crippen LogP contribution is -2.15. The maximum absolute atomic E-state index is 4.52. The van der Waals surface area contributed by atoms with E-state index in [1.807, 2.05) is 4.68 Å². The minimum Gasteiger partial charge on any atom is -0.311 e. The molecule has 1 aromatic heterocycles. The highest BCUT2D eigenvalue weighted by molar-refractivity contribution is 5.85. The van der Waals surface area contributed by atoms with Gasteiger partial charge < -0.3 is 5.32 Å². The lowest BCUT2D eigenvalue weighted by atomic mass is 10.2. The zero-order chi connectivity index (χ0) is 11.8. The van der Waals surface area contributed by atoms with Crippen LogP contribution < -0.4 is 5.32 Å². The predicted octanol–water partition coefficient (Wildman–Crippen LogP) is 3.24. The maximum atomic E-state index is 4.52. The molecular formula is C13H26ClN3. The zero-order valence-corrected chi connectivity index (χ0v) is 12.1. The molecule has 0 radical (unpaired) electrons. The van der Waals surface area contributed by atoms with E-state index in [1.54, 1.807) is 0 Å². The summed E-state index contributed by atoms with van der Waals surface area (Å²) in [5.74, 6) is 0.658. The van der Waals surface area contributed by atoms with Crippen LogP contribution in [0, 0.1) is 5.92 Å². The van der Waals surface area contributed by atoms with Crippen molar-refractivity contribution in [3.05, 3.63) is 18.0 Å². The smallest absolute Gasteiger partial charge is 0.0762 e. The van der Waals surface area contributed by atoms with Gasteiger partial charge in [0.2, 0.25) is 0 Å². The molecule has 1 aromatic rings. The van der Waals surface area contributed by atoms with Crippen molar-refractivity contribution in [2.75, 3.05) is 6.54 Å². The Bertz CT molecular complexity index is 284. The number of hydrogen-bond donors (Lipinski definition) is 1. The second-order valence-corrected chi connectivity index (χ2v) is 4.81. The molecule has 1 heterocycles. The van der Waals surface area contributed by atoms with Crippen LogP contribution in [0.25, 0.3) is 0 Å². The Morgan fingerprint density at radius 2 is 2.12 bits per heavy atom. The number of nitrogens with one attached hydrogen (secondary N) is 1. The third-order valence-electron chi connectivity index (χ3n) is 2.51. The summed E-state index contributed by atoms with van der Waals surface area (Å²) in [6.45, 7) is 9.66. The van der Waals surface area contributed by atoms with Crippen LogP contribution in [0.3, 0.4) is 0 Å². The summed E-state index contributed by atoms with van der Waals surface area (Å²) in [6, 6.07) is 2.11. The quantitative estimate of drug-likeness (QED) is 0.727. The van der Waals surface area contributed by atoms with Crippen molar-refractivity contribution in [2.45, 2.75) is 53.1 Å². The van der Waals surface area contributed by atoms with Crippen LogP contribution in [-0.2, 0) is 13.1 Å². The molecular weight excluding hydrogens is 234 g/mol. The zero-order valence-electron chi connectivity index (χ0n) is 11.3. The molecule has 4 heteroatoms. The lowest BCUT2D eigenvalue weighted by Gasteiger charge is -2.04. The molecule has 17 heavy (non-hydrogen) atoms. The molecule has 0 atom stereocenters. The molecule has 0 aliphatic heterocycles. The van der Waals surface area contributed by atoms with Crippen molar-refractivity contribution >= 4 is 12.4 Å². The Balaban J connectivity index is 0.00000256.